The highest BCUT2D eigenvalue weighted by Gasteiger charge is 2.23. The third kappa shape index (κ3) is 10.1. The van der Waals surface area contributed by atoms with Crippen molar-refractivity contribution in [2.24, 2.45) is 5.73 Å². The van der Waals surface area contributed by atoms with Crippen LogP contribution in [0.5, 0.6) is 0 Å². The number of ether oxygens (including phenoxy) is 2. The van der Waals surface area contributed by atoms with Crippen LogP contribution in [0.4, 0.5) is 9.59 Å². The number of carbonyl (C=O) groups is 2. The van der Waals surface area contributed by atoms with Gasteiger partial charge in [0.2, 0.25) is 0 Å². The summed E-state index contributed by atoms with van der Waals surface area (Å²) >= 11 is 0. The Balaban J connectivity index is 4.30. The number of unbranched alkanes of at least 4 members (excludes halogenated alkanes) is 2. The third-order valence-corrected chi connectivity index (χ3v) is 2.72. The number of rotatable bonds is 11. The Bertz CT molecular complexity index is 265. The summed E-state index contributed by atoms with van der Waals surface area (Å²) in [5, 5.41) is 3.03. The van der Waals surface area contributed by atoms with Crippen LogP contribution in [-0.4, -0.2) is 56.5 Å². The Kier molecular flexibility index (Phi) is 12.8. The first-order chi connectivity index (χ1) is 10.2. The van der Waals surface area contributed by atoms with Gasteiger partial charge in [0.25, 0.3) is 0 Å². The molecule has 0 aliphatic carbocycles. The van der Waals surface area contributed by atoms with Gasteiger partial charge >= 0.3 is 12.2 Å². The zero-order valence-corrected chi connectivity index (χ0v) is 13.2. The van der Waals surface area contributed by atoms with E-state index in [0.29, 0.717) is 32.8 Å². The lowest BCUT2D eigenvalue weighted by Crippen LogP contribution is -2.42. The zero-order valence-electron chi connectivity index (χ0n) is 13.2. The topological polar surface area (TPSA) is 93.9 Å². The maximum atomic E-state index is 11.9. The molecule has 0 aliphatic rings. The van der Waals surface area contributed by atoms with Crippen molar-refractivity contribution in [3.63, 3.8) is 0 Å². The smallest absolute Gasteiger partial charge is 0.419 e. The van der Waals surface area contributed by atoms with Crippen molar-refractivity contribution >= 4 is 12.2 Å². The van der Waals surface area contributed by atoms with Gasteiger partial charge < -0.3 is 20.5 Å². The van der Waals surface area contributed by atoms with E-state index >= 15 is 0 Å². The molecule has 2 amide bonds. The quantitative estimate of drug-likeness (QED) is 0.564. The van der Waals surface area contributed by atoms with Crippen molar-refractivity contribution in [3.05, 3.63) is 0 Å². The number of imide groups is 1. The maximum Gasteiger partial charge on any atom is 0.419 e. The van der Waals surface area contributed by atoms with Gasteiger partial charge in [-0.15, -0.1) is 0 Å². The average molecular weight is 303 g/mol. The normalized spacial score (nSPS) is 10.2. The number of nitrogens with zero attached hydrogens (tertiary/aromatic N) is 1. The van der Waals surface area contributed by atoms with Crippen LogP contribution < -0.4 is 11.1 Å². The van der Waals surface area contributed by atoms with Gasteiger partial charge in [-0.05, 0) is 12.8 Å². The van der Waals surface area contributed by atoms with Crippen LogP contribution in [0.3, 0.4) is 0 Å². The molecule has 0 aromatic heterocycles. The minimum Gasteiger partial charge on any atom is -0.449 e. The molecule has 0 atom stereocenters. The van der Waals surface area contributed by atoms with Gasteiger partial charge in [-0.2, -0.15) is 0 Å². The highest BCUT2D eigenvalue weighted by Crippen LogP contribution is 2.01. The SMILES string of the molecule is CCCCOC(=O)N(CCNCCN)C(=O)OCCCC. The molecule has 0 radical (unpaired) electrons. The van der Waals surface area contributed by atoms with Gasteiger partial charge in [-0.1, -0.05) is 26.7 Å². The van der Waals surface area contributed by atoms with Crippen molar-refractivity contribution in [1.82, 2.24) is 10.2 Å². The summed E-state index contributed by atoms with van der Waals surface area (Å²) in [5.41, 5.74) is 5.37. The first kappa shape index (κ1) is 19.7. The predicted octanol–water partition coefficient (Wildman–Crippen LogP) is 1.71. The van der Waals surface area contributed by atoms with Crippen LogP contribution in [0.25, 0.3) is 0 Å². The Labute approximate surface area is 127 Å². The maximum absolute atomic E-state index is 11.9. The summed E-state index contributed by atoms with van der Waals surface area (Å²) in [5.74, 6) is 0. The third-order valence-electron chi connectivity index (χ3n) is 2.72. The van der Waals surface area contributed by atoms with E-state index in [-0.39, 0.29) is 6.54 Å². The standard InChI is InChI=1S/C14H29N3O4/c1-3-5-11-20-13(18)17(10-9-16-8-7-15)14(19)21-12-6-4-2/h16H,3-12,15H2,1-2H3. The van der Waals surface area contributed by atoms with Gasteiger partial charge in [0.1, 0.15) is 0 Å². The van der Waals surface area contributed by atoms with Crippen molar-refractivity contribution < 1.29 is 19.1 Å². The van der Waals surface area contributed by atoms with Crippen LogP contribution in [0.1, 0.15) is 39.5 Å². The summed E-state index contributed by atoms with van der Waals surface area (Å²) in [4.78, 5) is 24.8. The van der Waals surface area contributed by atoms with E-state index in [1.54, 1.807) is 0 Å². The van der Waals surface area contributed by atoms with Gasteiger partial charge in [-0.3, -0.25) is 0 Å². The molecule has 0 heterocycles. The first-order valence-corrected chi connectivity index (χ1v) is 7.69. The lowest BCUT2D eigenvalue weighted by Gasteiger charge is -2.20. The highest BCUT2D eigenvalue weighted by atomic mass is 16.6. The molecule has 0 aromatic carbocycles. The van der Waals surface area contributed by atoms with Crippen LogP contribution in [0.2, 0.25) is 0 Å². The number of nitrogens with one attached hydrogen (secondary N) is 1. The van der Waals surface area contributed by atoms with E-state index in [1.807, 2.05) is 13.8 Å². The van der Waals surface area contributed by atoms with E-state index in [2.05, 4.69) is 5.32 Å². The molecule has 7 heteroatoms. The molecule has 0 unspecified atom stereocenters. The minimum absolute atomic E-state index is 0.204. The molecular weight excluding hydrogens is 274 g/mol. The Morgan fingerprint density at radius 1 is 1.00 bits per heavy atom. The second-order valence-corrected chi connectivity index (χ2v) is 4.63. The predicted molar refractivity (Wildman–Crippen MR) is 81.1 cm³/mol. The van der Waals surface area contributed by atoms with Crippen molar-refractivity contribution in [3.8, 4) is 0 Å². The molecule has 0 fully saturated rings. The lowest BCUT2D eigenvalue weighted by molar-refractivity contribution is 0.0756. The summed E-state index contributed by atoms with van der Waals surface area (Å²) in [6.07, 6.45) is 2.09. The fourth-order valence-electron chi connectivity index (χ4n) is 1.44. The second kappa shape index (κ2) is 13.6. The van der Waals surface area contributed by atoms with Crippen molar-refractivity contribution in [2.45, 2.75) is 39.5 Å². The molecule has 0 saturated heterocycles. The second-order valence-electron chi connectivity index (χ2n) is 4.63. The fraction of sp³-hybridized carbons (Fsp3) is 0.857. The molecular formula is C14H29N3O4. The van der Waals surface area contributed by atoms with Crippen LogP contribution in [0, 0.1) is 0 Å². The van der Waals surface area contributed by atoms with E-state index < -0.39 is 12.2 Å². The molecule has 21 heavy (non-hydrogen) atoms. The summed E-state index contributed by atoms with van der Waals surface area (Å²) in [6, 6.07) is 0. The van der Waals surface area contributed by atoms with E-state index in [1.165, 1.54) is 0 Å². The summed E-state index contributed by atoms with van der Waals surface area (Å²) in [7, 11) is 0. The Hall–Kier alpha value is -1.34. The van der Waals surface area contributed by atoms with Crippen molar-refractivity contribution in [1.29, 1.82) is 0 Å². The van der Waals surface area contributed by atoms with Gasteiger partial charge in [0, 0.05) is 26.2 Å². The van der Waals surface area contributed by atoms with E-state index in [0.717, 1.165) is 30.6 Å². The molecule has 0 saturated carbocycles. The van der Waals surface area contributed by atoms with Crippen molar-refractivity contribution in [2.75, 3.05) is 39.4 Å². The Morgan fingerprint density at radius 2 is 1.52 bits per heavy atom. The molecule has 0 spiro atoms. The number of carbonyl (C=O) groups excluding carboxylic acids is 2. The molecule has 0 rings (SSSR count). The molecule has 0 aliphatic heterocycles. The number of hydrogen-bond acceptors (Lipinski definition) is 6. The zero-order chi connectivity index (χ0) is 15.9. The van der Waals surface area contributed by atoms with Crippen LogP contribution >= 0.6 is 0 Å². The van der Waals surface area contributed by atoms with Crippen LogP contribution in [-0.2, 0) is 9.47 Å². The largest absolute Gasteiger partial charge is 0.449 e. The average Bonchev–Trinajstić information content (AvgIpc) is 2.47. The van der Waals surface area contributed by atoms with E-state index in [9.17, 15) is 9.59 Å². The van der Waals surface area contributed by atoms with Crippen LogP contribution in [0.15, 0.2) is 0 Å². The summed E-state index contributed by atoms with van der Waals surface area (Å²) < 4.78 is 10.1. The Morgan fingerprint density at radius 3 is 1.95 bits per heavy atom. The number of nitrogens with two attached hydrogens (primary N) is 1. The minimum atomic E-state index is -0.653. The summed E-state index contributed by atoms with van der Waals surface area (Å²) in [6.45, 7) is 6.42. The molecule has 0 bridgehead atoms. The first-order valence-electron chi connectivity index (χ1n) is 7.69. The number of amides is 2. The monoisotopic (exact) mass is 303 g/mol. The molecule has 7 nitrogen and oxygen atoms in total. The molecule has 124 valence electrons. The highest BCUT2D eigenvalue weighted by molar-refractivity contribution is 5.87. The fourth-order valence-corrected chi connectivity index (χ4v) is 1.44. The lowest BCUT2D eigenvalue weighted by atomic mass is 10.4. The van der Waals surface area contributed by atoms with Gasteiger partial charge in [0.15, 0.2) is 0 Å². The molecule has 3 N–H and O–H groups in total. The van der Waals surface area contributed by atoms with E-state index in [4.69, 9.17) is 15.2 Å². The van der Waals surface area contributed by atoms with Gasteiger partial charge in [0.05, 0.1) is 13.2 Å². The van der Waals surface area contributed by atoms with Gasteiger partial charge in [-0.25, -0.2) is 14.5 Å². The number of hydrogen-bond donors (Lipinski definition) is 2. The molecule has 0 aromatic rings.